The fourth-order valence-electron chi connectivity index (χ4n) is 2.76. The first-order valence-corrected chi connectivity index (χ1v) is 9.63. The van der Waals surface area contributed by atoms with Crippen molar-refractivity contribution in [3.8, 4) is 11.5 Å². The lowest BCUT2D eigenvalue weighted by Gasteiger charge is -2.16. The van der Waals surface area contributed by atoms with Crippen molar-refractivity contribution < 1.29 is 19.1 Å². The molecule has 0 bridgehead atoms. The fraction of sp³-hybridized carbons (Fsp3) is 0.619. The Hall–Kier alpha value is -1.84. The van der Waals surface area contributed by atoms with E-state index in [1.807, 2.05) is 0 Å². The SMILES string of the molecule is CCCCCCC(=O)Oc1ccccc1OC(=O)C(CCC)CCC. The van der Waals surface area contributed by atoms with E-state index >= 15 is 0 Å². The number of carbonyl (C=O) groups excluding carboxylic acids is 2. The van der Waals surface area contributed by atoms with Gasteiger partial charge in [-0.3, -0.25) is 9.59 Å². The molecule has 0 spiro atoms. The standard InChI is InChI=1S/C21H32O4/c1-4-7-8-9-16-20(22)24-18-14-10-11-15-19(18)25-21(23)17(12-5-2)13-6-3/h10-11,14-15,17H,4-9,12-13,16H2,1-3H3. The lowest BCUT2D eigenvalue weighted by atomic mass is 9.99. The molecule has 0 aliphatic rings. The molecule has 0 saturated carbocycles. The molecule has 140 valence electrons. The highest BCUT2D eigenvalue weighted by Gasteiger charge is 2.21. The van der Waals surface area contributed by atoms with Crippen LogP contribution in [-0.2, 0) is 9.59 Å². The lowest BCUT2D eigenvalue weighted by molar-refractivity contribution is -0.140. The first-order valence-electron chi connectivity index (χ1n) is 9.63. The highest BCUT2D eigenvalue weighted by atomic mass is 16.6. The highest BCUT2D eigenvalue weighted by Crippen LogP contribution is 2.29. The molecule has 1 aromatic rings. The van der Waals surface area contributed by atoms with Crippen molar-refractivity contribution in [3.05, 3.63) is 24.3 Å². The van der Waals surface area contributed by atoms with Gasteiger partial charge in [0, 0.05) is 6.42 Å². The maximum absolute atomic E-state index is 12.4. The summed E-state index contributed by atoms with van der Waals surface area (Å²) in [6.07, 6.45) is 7.99. The van der Waals surface area contributed by atoms with Crippen LogP contribution in [0.25, 0.3) is 0 Å². The van der Waals surface area contributed by atoms with Crippen molar-refractivity contribution in [2.45, 2.75) is 78.6 Å². The minimum absolute atomic E-state index is 0.104. The molecule has 1 aromatic carbocycles. The topological polar surface area (TPSA) is 52.6 Å². The maximum atomic E-state index is 12.4. The molecule has 0 atom stereocenters. The largest absolute Gasteiger partial charge is 0.423 e. The van der Waals surface area contributed by atoms with Crippen molar-refractivity contribution >= 4 is 11.9 Å². The molecule has 0 fully saturated rings. The smallest absolute Gasteiger partial charge is 0.314 e. The molecule has 1 rings (SSSR count). The molecular weight excluding hydrogens is 316 g/mol. The minimum Gasteiger partial charge on any atom is -0.423 e. The van der Waals surface area contributed by atoms with Crippen LogP contribution in [0.1, 0.15) is 78.6 Å². The molecule has 4 heteroatoms. The minimum atomic E-state index is -0.279. The van der Waals surface area contributed by atoms with Gasteiger partial charge in [-0.25, -0.2) is 0 Å². The van der Waals surface area contributed by atoms with Crippen LogP contribution < -0.4 is 9.47 Å². The van der Waals surface area contributed by atoms with Crippen molar-refractivity contribution in [1.29, 1.82) is 0 Å². The number of carbonyl (C=O) groups is 2. The van der Waals surface area contributed by atoms with Crippen molar-refractivity contribution in [2.24, 2.45) is 5.92 Å². The van der Waals surface area contributed by atoms with Crippen LogP contribution in [0.3, 0.4) is 0 Å². The summed E-state index contributed by atoms with van der Waals surface area (Å²) >= 11 is 0. The summed E-state index contributed by atoms with van der Waals surface area (Å²) in [5.41, 5.74) is 0. The summed E-state index contributed by atoms with van der Waals surface area (Å²) in [6.45, 7) is 6.25. The van der Waals surface area contributed by atoms with Gasteiger partial charge in [0.15, 0.2) is 11.5 Å². The number of ether oxygens (including phenoxy) is 2. The Labute approximate surface area is 151 Å². The highest BCUT2D eigenvalue weighted by molar-refractivity contribution is 5.77. The summed E-state index contributed by atoms with van der Waals surface area (Å²) in [6, 6.07) is 6.89. The van der Waals surface area contributed by atoms with Crippen LogP contribution in [-0.4, -0.2) is 11.9 Å². The molecule has 0 aromatic heterocycles. The van der Waals surface area contributed by atoms with E-state index in [0.29, 0.717) is 17.9 Å². The first kappa shape index (κ1) is 21.2. The summed E-state index contributed by atoms with van der Waals surface area (Å²) in [5.74, 6) is 0.0240. The van der Waals surface area contributed by atoms with Crippen LogP contribution in [0.4, 0.5) is 0 Å². The van der Waals surface area contributed by atoms with E-state index in [1.54, 1.807) is 24.3 Å². The number of para-hydroxylation sites is 2. The van der Waals surface area contributed by atoms with Gasteiger partial charge in [-0.05, 0) is 31.4 Å². The summed E-state index contributed by atoms with van der Waals surface area (Å²) in [4.78, 5) is 24.4. The predicted molar refractivity (Wildman–Crippen MR) is 99.8 cm³/mol. The van der Waals surface area contributed by atoms with E-state index in [1.165, 1.54) is 0 Å². The molecule has 0 amide bonds. The number of unbranched alkanes of at least 4 members (excludes halogenated alkanes) is 3. The molecule has 0 aliphatic heterocycles. The monoisotopic (exact) mass is 348 g/mol. The molecule has 0 saturated heterocycles. The van der Waals surface area contributed by atoms with Gasteiger partial charge in [-0.2, -0.15) is 0 Å². The normalized spacial score (nSPS) is 10.7. The Morgan fingerprint density at radius 3 is 2.00 bits per heavy atom. The van der Waals surface area contributed by atoms with Crippen molar-refractivity contribution in [1.82, 2.24) is 0 Å². The van der Waals surface area contributed by atoms with Gasteiger partial charge in [0.1, 0.15) is 0 Å². The number of benzene rings is 1. The predicted octanol–water partition coefficient (Wildman–Crippen LogP) is 5.68. The van der Waals surface area contributed by atoms with E-state index in [2.05, 4.69) is 20.8 Å². The molecular formula is C21H32O4. The first-order chi connectivity index (χ1) is 12.1. The van der Waals surface area contributed by atoms with Crippen LogP contribution in [0.15, 0.2) is 24.3 Å². The Bertz CT molecular complexity index is 518. The quantitative estimate of drug-likeness (QED) is 0.277. The number of rotatable bonds is 12. The van der Waals surface area contributed by atoms with Gasteiger partial charge >= 0.3 is 11.9 Å². The second-order valence-corrected chi connectivity index (χ2v) is 6.43. The lowest BCUT2D eigenvalue weighted by Crippen LogP contribution is -2.21. The van der Waals surface area contributed by atoms with Gasteiger partial charge in [0.25, 0.3) is 0 Å². The van der Waals surface area contributed by atoms with Crippen LogP contribution >= 0.6 is 0 Å². The van der Waals surface area contributed by atoms with E-state index in [4.69, 9.17) is 9.47 Å². The second-order valence-electron chi connectivity index (χ2n) is 6.43. The number of hydrogen-bond donors (Lipinski definition) is 0. The van der Waals surface area contributed by atoms with Gasteiger partial charge in [0.05, 0.1) is 5.92 Å². The molecule has 0 unspecified atom stereocenters. The van der Waals surface area contributed by atoms with Crippen molar-refractivity contribution in [2.75, 3.05) is 0 Å². The van der Waals surface area contributed by atoms with E-state index in [0.717, 1.165) is 51.4 Å². The zero-order valence-corrected chi connectivity index (χ0v) is 15.9. The zero-order valence-electron chi connectivity index (χ0n) is 15.9. The molecule has 0 N–H and O–H groups in total. The van der Waals surface area contributed by atoms with Gasteiger partial charge in [-0.15, -0.1) is 0 Å². The third-order valence-electron chi connectivity index (χ3n) is 4.13. The van der Waals surface area contributed by atoms with Gasteiger partial charge in [-0.1, -0.05) is 65.0 Å². The summed E-state index contributed by atoms with van der Waals surface area (Å²) in [7, 11) is 0. The number of esters is 2. The van der Waals surface area contributed by atoms with Crippen molar-refractivity contribution in [3.63, 3.8) is 0 Å². The zero-order chi connectivity index (χ0) is 18.5. The Balaban J connectivity index is 2.66. The third-order valence-corrected chi connectivity index (χ3v) is 4.13. The average molecular weight is 348 g/mol. The molecule has 0 aliphatic carbocycles. The van der Waals surface area contributed by atoms with E-state index in [9.17, 15) is 9.59 Å². The van der Waals surface area contributed by atoms with Crippen LogP contribution in [0.5, 0.6) is 11.5 Å². The summed E-state index contributed by atoms with van der Waals surface area (Å²) in [5, 5.41) is 0. The van der Waals surface area contributed by atoms with E-state index in [-0.39, 0.29) is 17.9 Å². The molecule has 0 heterocycles. The molecule has 4 nitrogen and oxygen atoms in total. The van der Waals surface area contributed by atoms with Crippen LogP contribution in [0.2, 0.25) is 0 Å². The fourth-order valence-corrected chi connectivity index (χ4v) is 2.76. The Kier molecular flexibility index (Phi) is 10.6. The average Bonchev–Trinajstić information content (AvgIpc) is 2.60. The molecule has 0 radical (unpaired) electrons. The third kappa shape index (κ3) is 8.19. The Morgan fingerprint density at radius 2 is 1.44 bits per heavy atom. The van der Waals surface area contributed by atoms with Crippen LogP contribution in [0, 0.1) is 5.92 Å². The molecule has 25 heavy (non-hydrogen) atoms. The second kappa shape index (κ2) is 12.5. The maximum Gasteiger partial charge on any atom is 0.314 e. The van der Waals surface area contributed by atoms with E-state index < -0.39 is 0 Å². The van der Waals surface area contributed by atoms with Gasteiger partial charge in [0.2, 0.25) is 0 Å². The summed E-state index contributed by atoms with van der Waals surface area (Å²) < 4.78 is 11.0. The Morgan fingerprint density at radius 1 is 0.840 bits per heavy atom. The number of hydrogen-bond acceptors (Lipinski definition) is 4. The van der Waals surface area contributed by atoms with Gasteiger partial charge < -0.3 is 9.47 Å².